The number of carboxylic acid groups (broad SMARTS) is 1. The number of hydrogen-bond acceptors (Lipinski definition) is 6. The molecule has 2 N–H and O–H groups in total. The fourth-order valence-electron chi connectivity index (χ4n) is 1.74. The lowest BCUT2D eigenvalue weighted by molar-refractivity contribution is -0.385. The van der Waals surface area contributed by atoms with Crippen molar-refractivity contribution in [1.29, 1.82) is 0 Å². The molecule has 1 aromatic carbocycles. The van der Waals surface area contributed by atoms with E-state index in [1.54, 1.807) is 6.92 Å². The molecular formula is C14H18N2O7. The molecule has 0 saturated heterocycles. The number of amides is 1. The predicted octanol–water partition coefficient (Wildman–Crippen LogP) is 1.45. The molecule has 1 rings (SSSR count). The van der Waals surface area contributed by atoms with E-state index in [4.69, 9.17) is 14.6 Å². The number of methoxy groups -OCH3 is 1. The standard InChI is InChI=1S/C14H18N2O7/c1-4-23-12-5-9(10(16(20)21)6-11(12)22-3)13(17)15-7-8(2)14(18)19/h5-6,8H,4,7H2,1-3H3,(H,15,17)(H,18,19). The van der Waals surface area contributed by atoms with E-state index < -0.39 is 28.4 Å². The summed E-state index contributed by atoms with van der Waals surface area (Å²) < 4.78 is 10.3. The van der Waals surface area contributed by atoms with Gasteiger partial charge in [0.05, 0.1) is 30.6 Å². The average molecular weight is 326 g/mol. The van der Waals surface area contributed by atoms with Crippen LogP contribution in [-0.4, -0.2) is 42.2 Å². The Hall–Kier alpha value is -2.84. The third-order valence-electron chi connectivity index (χ3n) is 3.01. The van der Waals surface area contributed by atoms with Gasteiger partial charge in [0, 0.05) is 12.6 Å². The molecule has 0 spiro atoms. The van der Waals surface area contributed by atoms with Gasteiger partial charge in [0.25, 0.3) is 11.6 Å². The van der Waals surface area contributed by atoms with E-state index >= 15 is 0 Å². The van der Waals surface area contributed by atoms with Gasteiger partial charge in [0.1, 0.15) is 5.56 Å². The second kappa shape index (κ2) is 7.97. The summed E-state index contributed by atoms with van der Waals surface area (Å²) >= 11 is 0. The van der Waals surface area contributed by atoms with E-state index in [1.165, 1.54) is 20.1 Å². The van der Waals surface area contributed by atoms with Crippen LogP contribution in [0.1, 0.15) is 24.2 Å². The molecular weight excluding hydrogens is 308 g/mol. The van der Waals surface area contributed by atoms with Crippen molar-refractivity contribution in [2.24, 2.45) is 5.92 Å². The number of hydrogen-bond donors (Lipinski definition) is 2. The Morgan fingerprint density at radius 1 is 1.39 bits per heavy atom. The third-order valence-corrected chi connectivity index (χ3v) is 3.01. The quantitative estimate of drug-likeness (QED) is 0.546. The first-order valence-corrected chi connectivity index (χ1v) is 6.82. The Kier molecular flexibility index (Phi) is 6.31. The van der Waals surface area contributed by atoms with E-state index in [0.717, 1.165) is 6.07 Å². The van der Waals surface area contributed by atoms with Gasteiger partial charge in [-0.15, -0.1) is 0 Å². The van der Waals surface area contributed by atoms with Gasteiger partial charge in [0.15, 0.2) is 11.5 Å². The number of rotatable bonds is 8. The minimum absolute atomic E-state index is 0.133. The van der Waals surface area contributed by atoms with Gasteiger partial charge < -0.3 is 19.9 Å². The Morgan fingerprint density at radius 3 is 2.52 bits per heavy atom. The molecule has 9 heteroatoms. The highest BCUT2D eigenvalue weighted by Gasteiger charge is 2.25. The van der Waals surface area contributed by atoms with E-state index in [9.17, 15) is 19.7 Å². The lowest BCUT2D eigenvalue weighted by atomic mass is 10.1. The van der Waals surface area contributed by atoms with Crippen LogP contribution >= 0.6 is 0 Å². The van der Waals surface area contributed by atoms with Crippen molar-refractivity contribution in [3.63, 3.8) is 0 Å². The van der Waals surface area contributed by atoms with E-state index in [-0.39, 0.29) is 30.2 Å². The molecule has 1 atom stereocenters. The van der Waals surface area contributed by atoms with Crippen molar-refractivity contribution < 1.29 is 29.1 Å². The topological polar surface area (TPSA) is 128 Å². The molecule has 1 aromatic rings. The number of nitro benzene ring substituents is 1. The fraction of sp³-hybridized carbons (Fsp3) is 0.429. The Morgan fingerprint density at radius 2 is 2.04 bits per heavy atom. The molecule has 0 aliphatic heterocycles. The second-order valence-electron chi connectivity index (χ2n) is 4.66. The summed E-state index contributed by atoms with van der Waals surface area (Å²) in [6.45, 7) is 3.26. The zero-order valence-electron chi connectivity index (χ0n) is 13.0. The van der Waals surface area contributed by atoms with Crippen LogP contribution in [0.5, 0.6) is 11.5 Å². The first kappa shape index (κ1) is 18.2. The summed E-state index contributed by atoms with van der Waals surface area (Å²) in [5, 5.41) is 22.3. The summed E-state index contributed by atoms with van der Waals surface area (Å²) in [5.74, 6) is -2.33. The van der Waals surface area contributed by atoms with Gasteiger partial charge in [-0.05, 0) is 6.92 Å². The lowest BCUT2D eigenvalue weighted by Crippen LogP contribution is -2.31. The van der Waals surface area contributed by atoms with Crippen LogP contribution in [0, 0.1) is 16.0 Å². The van der Waals surface area contributed by atoms with Crippen LogP contribution in [0.15, 0.2) is 12.1 Å². The number of ether oxygens (including phenoxy) is 2. The third kappa shape index (κ3) is 4.56. The van der Waals surface area contributed by atoms with Crippen molar-refractivity contribution in [2.75, 3.05) is 20.3 Å². The summed E-state index contributed by atoms with van der Waals surface area (Å²) in [4.78, 5) is 33.3. The second-order valence-corrected chi connectivity index (χ2v) is 4.66. The molecule has 0 heterocycles. The predicted molar refractivity (Wildman–Crippen MR) is 80.0 cm³/mol. The minimum atomic E-state index is -1.08. The Labute approximate surface area is 132 Å². The largest absolute Gasteiger partial charge is 0.493 e. The maximum atomic E-state index is 12.1. The van der Waals surface area contributed by atoms with Crippen molar-refractivity contribution in [2.45, 2.75) is 13.8 Å². The number of aliphatic carboxylic acids is 1. The minimum Gasteiger partial charge on any atom is -0.493 e. The monoisotopic (exact) mass is 326 g/mol. The summed E-state index contributed by atoms with van der Waals surface area (Å²) in [6, 6.07) is 2.31. The number of nitrogens with one attached hydrogen (secondary N) is 1. The summed E-state index contributed by atoms with van der Waals surface area (Å²) in [5.41, 5.74) is -0.678. The SMILES string of the molecule is CCOc1cc(C(=O)NCC(C)C(=O)O)c([N+](=O)[O-])cc1OC. The molecule has 9 nitrogen and oxygen atoms in total. The molecule has 0 aliphatic rings. The molecule has 1 amide bonds. The van der Waals surface area contributed by atoms with Gasteiger partial charge >= 0.3 is 5.97 Å². The van der Waals surface area contributed by atoms with E-state index in [0.29, 0.717) is 0 Å². The van der Waals surface area contributed by atoms with E-state index in [2.05, 4.69) is 5.32 Å². The summed E-state index contributed by atoms with van der Waals surface area (Å²) in [7, 11) is 1.33. The van der Waals surface area contributed by atoms with Gasteiger partial charge in [-0.3, -0.25) is 19.7 Å². The van der Waals surface area contributed by atoms with Gasteiger partial charge in [0.2, 0.25) is 0 Å². The number of nitro groups is 1. The number of carbonyl (C=O) groups is 2. The highest BCUT2D eigenvalue weighted by Crippen LogP contribution is 2.34. The maximum Gasteiger partial charge on any atom is 0.308 e. The molecule has 126 valence electrons. The van der Waals surface area contributed by atoms with E-state index in [1.807, 2.05) is 0 Å². The van der Waals surface area contributed by atoms with Crippen LogP contribution in [0.4, 0.5) is 5.69 Å². The van der Waals surface area contributed by atoms with Crippen molar-refractivity contribution >= 4 is 17.6 Å². The molecule has 0 aromatic heterocycles. The van der Waals surface area contributed by atoms with Crippen molar-refractivity contribution in [3.8, 4) is 11.5 Å². The number of carbonyl (C=O) groups excluding carboxylic acids is 1. The normalized spacial score (nSPS) is 11.4. The molecule has 23 heavy (non-hydrogen) atoms. The van der Waals surface area contributed by atoms with Crippen LogP contribution in [0.25, 0.3) is 0 Å². The van der Waals surface area contributed by atoms with Gasteiger partial charge in [-0.25, -0.2) is 0 Å². The maximum absolute atomic E-state index is 12.1. The molecule has 0 bridgehead atoms. The van der Waals surface area contributed by atoms with Crippen LogP contribution < -0.4 is 14.8 Å². The zero-order valence-corrected chi connectivity index (χ0v) is 13.0. The van der Waals surface area contributed by atoms with Crippen molar-refractivity contribution in [1.82, 2.24) is 5.32 Å². The highest BCUT2D eigenvalue weighted by molar-refractivity contribution is 5.99. The average Bonchev–Trinajstić information content (AvgIpc) is 2.51. The van der Waals surface area contributed by atoms with Crippen LogP contribution in [-0.2, 0) is 4.79 Å². The van der Waals surface area contributed by atoms with Crippen LogP contribution in [0.3, 0.4) is 0 Å². The first-order valence-electron chi connectivity index (χ1n) is 6.82. The number of carboxylic acids is 1. The molecule has 0 saturated carbocycles. The zero-order chi connectivity index (χ0) is 17.6. The molecule has 0 radical (unpaired) electrons. The smallest absolute Gasteiger partial charge is 0.308 e. The number of benzene rings is 1. The van der Waals surface area contributed by atoms with Gasteiger partial charge in [-0.1, -0.05) is 6.92 Å². The molecule has 1 unspecified atom stereocenters. The van der Waals surface area contributed by atoms with Crippen LogP contribution in [0.2, 0.25) is 0 Å². The van der Waals surface area contributed by atoms with Gasteiger partial charge in [-0.2, -0.15) is 0 Å². The Balaban J connectivity index is 3.16. The molecule has 0 fully saturated rings. The van der Waals surface area contributed by atoms with Crippen molar-refractivity contribution in [3.05, 3.63) is 27.8 Å². The first-order chi connectivity index (χ1) is 10.8. The fourth-order valence-corrected chi connectivity index (χ4v) is 1.74. The Bertz CT molecular complexity index is 615. The summed E-state index contributed by atoms with van der Waals surface area (Å²) in [6.07, 6.45) is 0. The number of nitrogens with zero attached hydrogens (tertiary/aromatic N) is 1. The lowest BCUT2D eigenvalue weighted by Gasteiger charge is -2.12. The highest BCUT2D eigenvalue weighted by atomic mass is 16.6. The molecule has 0 aliphatic carbocycles.